The summed E-state index contributed by atoms with van der Waals surface area (Å²) in [6, 6.07) is 10.6. The average Bonchev–Trinajstić information content (AvgIpc) is 3.48. The van der Waals surface area contributed by atoms with Crippen molar-refractivity contribution in [2.45, 2.75) is 32.0 Å². The van der Waals surface area contributed by atoms with Crippen LogP contribution >= 0.6 is 0 Å². The topological polar surface area (TPSA) is 98.0 Å². The normalized spacial score (nSPS) is 15.8. The fourth-order valence-corrected chi connectivity index (χ4v) is 5.36. The smallest absolute Gasteiger partial charge is 0.254 e. The zero-order valence-corrected chi connectivity index (χ0v) is 21.4. The van der Waals surface area contributed by atoms with Crippen LogP contribution in [0.3, 0.4) is 0 Å². The molecule has 5 heterocycles. The first-order valence-electron chi connectivity index (χ1n) is 12.8. The van der Waals surface area contributed by atoms with E-state index in [4.69, 9.17) is 4.98 Å². The molecular weight excluding hydrogens is 485 g/mol. The van der Waals surface area contributed by atoms with Crippen LogP contribution in [0.2, 0.25) is 0 Å². The molecule has 2 aliphatic rings. The number of imidazole rings is 1. The molecule has 3 aromatic heterocycles. The van der Waals surface area contributed by atoms with Gasteiger partial charge in [0, 0.05) is 44.0 Å². The Kier molecular flexibility index (Phi) is 6.21. The van der Waals surface area contributed by atoms with Gasteiger partial charge in [-0.2, -0.15) is 0 Å². The van der Waals surface area contributed by atoms with Crippen LogP contribution in [0, 0.1) is 5.82 Å². The number of aliphatic hydroxyl groups is 1. The highest BCUT2D eigenvalue weighted by molar-refractivity contribution is 6.06. The summed E-state index contributed by atoms with van der Waals surface area (Å²) >= 11 is 0. The quantitative estimate of drug-likeness (QED) is 0.361. The van der Waals surface area contributed by atoms with Crippen molar-refractivity contribution in [2.75, 3.05) is 37.4 Å². The van der Waals surface area contributed by atoms with Crippen LogP contribution in [0.4, 0.5) is 21.6 Å². The Balaban J connectivity index is 1.35. The van der Waals surface area contributed by atoms with E-state index in [0.29, 0.717) is 35.8 Å². The highest BCUT2D eigenvalue weighted by Crippen LogP contribution is 2.36. The van der Waals surface area contributed by atoms with Gasteiger partial charge in [0.05, 0.1) is 40.6 Å². The third kappa shape index (κ3) is 4.46. The minimum Gasteiger partial charge on any atom is -0.393 e. The van der Waals surface area contributed by atoms with E-state index in [0.717, 1.165) is 54.1 Å². The molecule has 0 unspecified atom stereocenters. The molecular formula is C28H30FN7O2. The fraction of sp³-hybridized carbons (Fsp3) is 0.321. The number of anilines is 3. The number of carbonyl (C=O) groups is 1. The molecule has 4 aromatic rings. The number of nitrogens with zero attached hydrogens (tertiary/aromatic N) is 5. The number of amides is 1. The number of rotatable bonds is 6. The Morgan fingerprint density at radius 3 is 2.79 bits per heavy atom. The lowest BCUT2D eigenvalue weighted by molar-refractivity contribution is 0.0966. The van der Waals surface area contributed by atoms with Crippen molar-refractivity contribution in [2.24, 2.45) is 0 Å². The summed E-state index contributed by atoms with van der Waals surface area (Å²) < 4.78 is 15.5. The average molecular weight is 516 g/mol. The molecule has 1 amide bonds. The lowest BCUT2D eigenvalue weighted by atomic mass is 9.99. The minimum atomic E-state index is -0.346. The summed E-state index contributed by atoms with van der Waals surface area (Å²) in [7, 11) is 4.02. The summed E-state index contributed by atoms with van der Waals surface area (Å²) in [5.74, 6) is 0.158. The number of pyridine rings is 2. The first-order chi connectivity index (χ1) is 18.4. The lowest BCUT2D eigenvalue weighted by Gasteiger charge is -2.33. The monoisotopic (exact) mass is 515 g/mol. The summed E-state index contributed by atoms with van der Waals surface area (Å²) in [5.41, 5.74) is 6.29. The first kappa shape index (κ1) is 24.3. The van der Waals surface area contributed by atoms with E-state index < -0.39 is 0 Å². The number of nitrogens with one attached hydrogen (secondary N) is 2. The summed E-state index contributed by atoms with van der Waals surface area (Å²) in [4.78, 5) is 26.6. The van der Waals surface area contributed by atoms with E-state index in [-0.39, 0.29) is 17.8 Å². The van der Waals surface area contributed by atoms with Crippen molar-refractivity contribution in [3.63, 3.8) is 0 Å². The van der Waals surface area contributed by atoms with Crippen LogP contribution in [0.25, 0.3) is 16.9 Å². The number of aromatic nitrogens is 3. The molecule has 38 heavy (non-hydrogen) atoms. The van der Waals surface area contributed by atoms with E-state index in [9.17, 15) is 14.3 Å². The number of halogens is 1. The molecule has 1 saturated heterocycles. The molecule has 0 bridgehead atoms. The van der Waals surface area contributed by atoms with Gasteiger partial charge in [-0.15, -0.1) is 0 Å². The minimum absolute atomic E-state index is 0.152. The second-order valence-corrected chi connectivity index (χ2v) is 10.2. The molecule has 0 radical (unpaired) electrons. The largest absolute Gasteiger partial charge is 0.393 e. The summed E-state index contributed by atoms with van der Waals surface area (Å²) in [6.45, 7) is 2.64. The number of piperidine rings is 1. The summed E-state index contributed by atoms with van der Waals surface area (Å²) in [5, 5.41) is 16.2. The molecule has 9 nitrogen and oxygen atoms in total. The van der Waals surface area contributed by atoms with Crippen molar-refractivity contribution < 1.29 is 14.3 Å². The fourth-order valence-electron chi connectivity index (χ4n) is 5.36. The van der Waals surface area contributed by atoms with Crippen LogP contribution in [0.15, 0.2) is 48.8 Å². The van der Waals surface area contributed by atoms with Crippen molar-refractivity contribution in [3.05, 3.63) is 71.4 Å². The second kappa shape index (κ2) is 9.70. The zero-order chi connectivity index (χ0) is 26.4. The number of hydrogen-bond acceptors (Lipinski definition) is 7. The van der Waals surface area contributed by atoms with Gasteiger partial charge in [-0.3, -0.25) is 9.20 Å². The Hall–Kier alpha value is -4.02. The van der Waals surface area contributed by atoms with E-state index in [1.165, 1.54) is 12.1 Å². The van der Waals surface area contributed by atoms with Crippen molar-refractivity contribution in [1.82, 2.24) is 24.6 Å². The van der Waals surface area contributed by atoms with Gasteiger partial charge in [0.2, 0.25) is 0 Å². The molecule has 1 fully saturated rings. The molecule has 0 spiro atoms. The van der Waals surface area contributed by atoms with E-state index in [2.05, 4.69) is 31.5 Å². The van der Waals surface area contributed by atoms with Gasteiger partial charge in [0.15, 0.2) is 0 Å². The van der Waals surface area contributed by atoms with Crippen LogP contribution in [0.1, 0.15) is 34.5 Å². The third-order valence-corrected chi connectivity index (χ3v) is 7.20. The maximum Gasteiger partial charge on any atom is 0.254 e. The van der Waals surface area contributed by atoms with Crippen LogP contribution in [-0.4, -0.2) is 63.6 Å². The van der Waals surface area contributed by atoms with Crippen LogP contribution < -0.4 is 15.5 Å². The maximum absolute atomic E-state index is 13.7. The van der Waals surface area contributed by atoms with Gasteiger partial charge in [0.1, 0.15) is 17.3 Å². The highest BCUT2D eigenvalue weighted by atomic mass is 19.1. The standard InChI is InChI=1S/C28H30FN7O2/c1-34(2)16-22-23(35-10-8-18(37)9-11-35)5-6-25(33-22)32-21-4-3-19(20-14-31-28(38)27(20)21)24-15-30-26-13-17(29)7-12-36(24)26/h3-7,12-13,15,18,37H,8-11,14,16H2,1-2H3,(H,31,38)(H,32,33). The molecule has 0 atom stereocenters. The van der Waals surface area contributed by atoms with Gasteiger partial charge >= 0.3 is 0 Å². The third-order valence-electron chi connectivity index (χ3n) is 7.20. The zero-order valence-electron chi connectivity index (χ0n) is 21.4. The van der Waals surface area contributed by atoms with Gasteiger partial charge in [-0.25, -0.2) is 14.4 Å². The van der Waals surface area contributed by atoms with Crippen molar-refractivity contribution in [3.8, 4) is 11.3 Å². The molecule has 10 heteroatoms. The molecule has 0 saturated carbocycles. The first-order valence-corrected chi connectivity index (χ1v) is 12.8. The predicted octanol–water partition coefficient (Wildman–Crippen LogP) is 3.55. The molecule has 0 aliphatic carbocycles. The maximum atomic E-state index is 13.7. The van der Waals surface area contributed by atoms with Gasteiger partial charge in [-0.1, -0.05) is 6.07 Å². The lowest BCUT2D eigenvalue weighted by Crippen LogP contribution is -2.36. The molecule has 2 aliphatic heterocycles. The van der Waals surface area contributed by atoms with Crippen molar-refractivity contribution in [1.29, 1.82) is 0 Å². The number of carbonyl (C=O) groups excluding carboxylic acids is 1. The summed E-state index contributed by atoms with van der Waals surface area (Å²) in [6.07, 6.45) is 4.60. The van der Waals surface area contributed by atoms with E-state index in [1.54, 1.807) is 12.4 Å². The predicted molar refractivity (Wildman–Crippen MR) is 144 cm³/mol. The van der Waals surface area contributed by atoms with E-state index >= 15 is 0 Å². The van der Waals surface area contributed by atoms with Crippen LogP contribution in [-0.2, 0) is 13.1 Å². The number of fused-ring (bicyclic) bond motifs is 2. The Labute approximate surface area is 219 Å². The van der Waals surface area contributed by atoms with Gasteiger partial charge < -0.3 is 25.5 Å². The van der Waals surface area contributed by atoms with Gasteiger partial charge in [-0.05, 0) is 56.8 Å². The van der Waals surface area contributed by atoms with Gasteiger partial charge in [0.25, 0.3) is 5.91 Å². The van der Waals surface area contributed by atoms with E-state index in [1.807, 2.05) is 36.7 Å². The number of benzene rings is 1. The second-order valence-electron chi connectivity index (χ2n) is 10.2. The molecule has 196 valence electrons. The Morgan fingerprint density at radius 1 is 1.18 bits per heavy atom. The SMILES string of the molecule is CN(C)Cc1nc(Nc2ccc(-c3cnc4cc(F)ccn34)c3c2C(=O)NC3)ccc1N1CCC(O)CC1. The Bertz CT molecular complexity index is 1530. The molecule has 3 N–H and O–H groups in total. The number of aliphatic hydroxyl groups excluding tert-OH is 1. The van der Waals surface area contributed by atoms with Crippen molar-refractivity contribution >= 4 is 28.7 Å². The number of hydrogen-bond donors (Lipinski definition) is 3. The Morgan fingerprint density at radius 2 is 2.00 bits per heavy atom. The highest BCUT2D eigenvalue weighted by Gasteiger charge is 2.28. The molecule has 1 aromatic carbocycles. The van der Waals surface area contributed by atoms with Crippen LogP contribution in [0.5, 0.6) is 0 Å². The molecule has 6 rings (SSSR count).